The molecule has 0 fully saturated rings. The summed E-state index contributed by atoms with van der Waals surface area (Å²) in [6.07, 6.45) is 1.59. The van der Waals surface area contributed by atoms with Gasteiger partial charge in [-0.2, -0.15) is 0 Å². The second-order valence-corrected chi connectivity index (χ2v) is 6.50. The van der Waals surface area contributed by atoms with Crippen LogP contribution < -0.4 is 0 Å². The molecule has 19 heavy (non-hydrogen) atoms. The minimum Gasteiger partial charge on any atom is -0.258 e. The molecule has 0 saturated carbocycles. The molecule has 6 nitrogen and oxygen atoms in total. The molecule has 106 valence electrons. The number of hydrogen-bond acceptors (Lipinski definition) is 4. The van der Waals surface area contributed by atoms with Gasteiger partial charge in [0, 0.05) is 19.7 Å². The van der Waals surface area contributed by atoms with E-state index in [1.54, 1.807) is 0 Å². The number of nitro groups is 1. The van der Waals surface area contributed by atoms with Crippen molar-refractivity contribution in [3.63, 3.8) is 0 Å². The van der Waals surface area contributed by atoms with Gasteiger partial charge >= 0.3 is 0 Å². The first-order valence-electron chi connectivity index (χ1n) is 5.71. The summed E-state index contributed by atoms with van der Waals surface area (Å²) < 4.78 is 25.6. The molecule has 1 rings (SSSR count). The molecular formula is C11H15ClN2O4S. The van der Waals surface area contributed by atoms with Crippen molar-refractivity contribution in [3.8, 4) is 0 Å². The fourth-order valence-electron chi connectivity index (χ4n) is 1.47. The lowest BCUT2D eigenvalue weighted by molar-refractivity contribution is -0.384. The molecule has 0 N–H and O–H groups in total. The average Bonchev–Trinajstić information content (AvgIpc) is 2.35. The number of nitrogens with zero attached hydrogens (tertiary/aromatic N) is 2. The van der Waals surface area contributed by atoms with Gasteiger partial charge in [0.05, 0.1) is 9.82 Å². The van der Waals surface area contributed by atoms with E-state index >= 15 is 0 Å². The molecular weight excluding hydrogens is 292 g/mol. The number of benzene rings is 1. The Labute approximate surface area is 117 Å². The summed E-state index contributed by atoms with van der Waals surface area (Å²) in [7, 11) is -2.26. The first kappa shape index (κ1) is 15.9. The monoisotopic (exact) mass is 306 g/mol. The van der Waals surface area contributed by atoms with Crippen LogP contribution in [0.4, 0.5) is 5.69 Å². The molecule has 8 heteroatoms. The topological polar surface area (TPSA) is 80.5 Å². The fraction of sp³-hybridized carbons (Fsp3) is 0.455. The highest BCUT2D eigenvalue weighted by Crippen LogP contribution is 2.28. The summed E-state index contributed by atoms with van der Waals surface area (Å²) in [5, 5.41) is 10.7. The fourth-order valence-corrected chi connectivity index (χ4v) is 2.89. The highest BCUT2D eigenvalue weighted by molar-refractivity contribution is 7.89. The van der Waals surface area contributed by atoms with Gasteiger partial charge in [-0.3, -0.25) is 10.1 Å². The zero-order valence-electron chi connectivity index (χ0n) is 10.7. The van der Waals surface area contributed by atoms with E-state index in [4.69, 9.17) is 11.6 Å². The van der Waals surface area contributed by atoms with E-state index < -0.39 is 20.6 Å². The van der Waals surface area contributed by atoms with Gasteiger partial charge in [0.1, 0.15) is 5.02 Å². The summed E-state index contributed by atoms with van der Waals surface area (Å²) >= 11 is 5.65. The Morgan fingerprint density at radius 2 is 2.05 bits per heavy atom. The molecule has 0 radical (unpaired) electrons. The standard InChI is InChI=1S/C11H15ClN2O4S/c1-3-4-7-13(2)19(17,18)9-5-6-10(12)11(8-9)14(15)16/h5-6,8H,3-4,7H2,1-2H3. The van der Waals surface area contributed by atoms with Gasteiger partial charge in [-0.15, -0.1) is 0 Å². The Morgan fingerprint density at radius 1 is 1.42 bits per heavy atom. The third kappa shape index (κ3) is 3.65. The first-order chi connectivity index (χ1) is 8.80. The molecule has 0 heterocycles. The molecule has 1 aromatic rings. The van der Waals surface area contributed by atoms with Crippen LogP contribution in [0.3, 0.4) is 0 Å². The normalized spacial score (nSPS) is 11.8. The van der Waals surface area contributed by atoms with Gasteiger partial charge in [-0.1, -0.05) is 24.9 Å². The van der Waals surface area contributed by atoms with Crippen molar-refractivity contribution in [3.05, 3.63) is 33.3 Å². The number of unbranched alkanes of at least 4 members (excludes halogenated alkanes) is 1. The smallest absolute Gasteiger partial charge is 0.258 e. The van der Waals surface area contributed by atoms with Gasteiger partial charge in [0.15, 0.2) is 0 Å². The molecule has 0 spiro atoms. The molecule has 0 aromatic heterocycles. The maximum Gasteiger partial charge on any atom is 0.289 e. The Kier molecular flexibility index (Phi) is 5.28. The van der Waals surface area contributed by atoms with Crippen molar-refractivity contribution < 1.29 is 13.3 Å². The van der Waals surface area contributed by atoms with Crippen LogP contribution in [0.15, 0.2) is 23.1 Å². The number of nitro benzene ring substituents is 1. The Hall–Kier alpha value is -1.18. The van der Waals surface area contributed by atoms with Crippen LogP contribution in [-0.2, 0) is 10.0 Å². The predicted octanol–water partition coefficient (Wildman–Crippen LogP) is 2.67. The molecule has 0 bridgehead atoms. The quantitative estimate of drug-likeness (QED) is 0.597. The highest BCUT2D eigenvalue weighted by atomic mass is 35.5. The molecule has 0 aliphatic carbocycles. The summed E-state index contributed by atoms with van der Waals surface area (Å²) in [4.78, 5) is 9.93. The number of sulfonamides is 1. The largest absolute Gasteiger partial charge is 0.289 e. The van der Waals surface area contributed by atoms with Crippen LogP contribution in [0.5, 0.6) is 0 Å². The summed E-state index contributed by atoms with van der Waals surface area (Å²) in [6.45, 7) is 2.32. The molecule has 0 aliphatic heterocycles. The van der Waals surface area contributed by atoms with Crippen LogP contribution in [0, 0.1) is 10.1 Å². The van der Waals surface area contributed by atoms with Gasteiger partial charge in [0.2, 0.25) is 10.0 Å². The van der Waals surface area contributed by atoms with Crippen molar-refractivity contribution in [2.24, 2.45) is 0 Å². The van der Waals surface area contributed by atoms with E-state index in [1.165, 1.54) is 23.5 Å². The van der Waals surface area contributed by atoms with E-state index in [1.807, 2.05) is 6.92 Å². The minimum absolute atomic E-state index is 0.0832. The Bertz CT molecular complexity index is 574. The number of hydrogen-bond donors (Lipinski definition) is 0. The Balaban J connectivity index is 3.15. The zero-order chi connectivity index (χ0) is 14.6. The summed E-state index contributed by atoms with van der Waals surface area (Å²) in [5.74, 6) is 0. The van der Waals surface area contributed by atoms with Gasteiger partial charge < -0.3 is 0 Å². The maximum absolute atomic E-state index is 12.2. The molecule has 0 saturated heterocycles. The molecule has 0 unspecified atom stereocenters. The highest BCUT2D eigenvalue weighted by Gasteiger charge is 2.24. The van der Waals surface area contributed by atoms with Crippen LogP contribution in [0.25, 0.3) is 0 Å². The number of halogens is 1. The minimum atomic E-state index is -3.71. The SMILES string of the molecule is CCCCN(C)S(=O)(=O)c1ccc(Cl)c([N+](=O)[O-])c1. The van der Waals surface area contributed by atoms with E-state index in [-0.39, 0.29) is 9.92 Å². The van der Waals surface area contributed by atoms with Crippen molar-refractivity contribution in [2.45, 2.75) is 24.7 Å². The zero-order valence-corrected chi connectivity index (χ0v) is 12.2. The second-order valence-electron chi connectivity index (χ2n) is 4.05. The lowest BCUT2D eigenvalue weighted by Crippen LogP contribution is -2.27. The van der Waals surface area contributed by atoms with E-state index in [2.05, 4.69) is 0 Å². The molecule has 0 atom stereocenters. The number of rotatable bonds is 6. The lowest BCUT2D eigenvalue weighted by Gasteiger charge is -2.16. The summed E-state index contributed by atoms with van der Waals surface area (Å²) in [5.41, 5.74) is -0.411. The van der Waals surface area contributed by atoms with Crippen LogP contribution >= 0.6 is 11.6 Å². The van der Waals surface area contributed by atoms with E-state index in [9.17, 15) is 18.5 Å². The lowest BCUT2D eigenvalue weighted by atomic mass is 10.3. The first-order valence-corrected chi connectivity index (χ1v) is 7.52. The molecule has 0 amide bonds. The van der Waals surface area contributed by atoms with Crippen molar-refractivity contribution in [2.75, 3.05) is 13.6 Å². The van der Waals surface area contributed by atoms with Gasteiger partial charge in [-0.25, -0.2) is 12.7 Å². The van der Waals surface area contributed by atoms with Crippen LogP contribution in [-0.4, -0.2) is 31.2 Å². The summed E-state index contributed by atoms with van der Waals surface area (Å²) in [6, 6.07) is 3.48. The van der Waals surface area contributed by atoms with Crippen molar-refractivity contribution in [1.82, 2.24) is 4.31 Å². The second kappa shape index (κ2) is 6.31. The molecule has 0 aliphatic rings. The third-order valence-electron chi connectivity index (χ3n) is 2.65. The van der Waals surface area contributed by atoms with Gasteiger partial charge in [-0.05, 0) is 18.6 Å². The van der Waals surface area contributed by atoms with E-state index in [0.29, 0.717) is 6.54 Å². The average molecular weight is 307 g/mol. The predicted molar refractivity (Wildman–Crippen MR) is 72.8 cm³/mol. The third-order valence-corrected chi connectivity index (χ3v) is 4.82. The van der Waals surface area contributed by atoms with Crippen LogP contribution in [0.1, 0.15) is 19.8 Å². The van der Waals surface area contributed by atoms with Gasteiger partial charge in [0.25, 0.3) is 5.69 Å². The molecule has 1 aromatic carbocycles. The van der Waals surface area contributed by atoms with Crippen LogP contribution in [0.2, 0.25) is 5.02 Å². The van der Waals surface area contributed by atoms with E-state index in [0.717, 1.165) is 18.9 Å². The Morgan fingerprint density at radius 3 is 2.58 bits per heavy atom. The maximum atomic E-state index is 12.2. The van der Waals surface area contributed by atoms with Crippen molar-refractivity contribution in [1.29, 1.82) is 0 Å². The van der Waals surface area contributed by atoms with Crippen molar-refractivity contribution >= 4 is 27.3 Å².